The summed E-state index contributed by atoms with van der Waals surface area (Å²) in [5, 5.41) is 3.48. The van der Waals surface area contributed by atoms with Crippen molar-refractivity contribution in [3.63, 3.8) is 0 Å². The van der Waals surface area contributed by atoms with Gasteiger partial charge >= 0.3 is 0 Å². The molecular formula is C12H22N4. The van der Waals surface area contributed by atoms with Crippen LogP contribution in [0.15, 0.2) is 6.20 Å². The molecule has 1 N–H and O–H groups in total. The number of nitrogens with zero attached hydrogens (tertiary/aromatic N) is 3. The summed E-state index contributed by atoms with van der Waals surface area (Å²) < 4.78 is 2.23. The summed E-state index contributed by atoms with van der Waals surface area (Å²) in [7, 11) is 4.23. The zero-order valence-corrected chi connectivity index (χ0v) is 10.7. The minimum atomic E-state index is 0.522. The Labute approximate surface area is 97.7 Å². The quantitative estimate of drug-likeness (QED) is 0.823. The molecule has 0 aromatic carbocycles. The molecule has 0 radical (unpaired) electrons. The molecule has 1 unspecified atom stereocenters. The molecule has 4 nitrogen and oxygen atoms in total. The zero-order valence-electron chi connectivity index (χ0n) is 10.7. The van der Waals surface area contributed by atoms with Gasteiger partial charge in [-0.05, 0) is 40.8 Å². The first-order valence-corrected chi connectivity index (χ1v) is 6.03. The molecule has 0 amide bonds. The molecule has 1 aromatic rings. The van der Waals surface area contributed by atoms with E-state index in [2.05, 4.69) is 53.9 Å². The molecular weight excluding hydrogens is 200 g/mol. The van der Waals surface area contributed by atoms with Crippen LogP contribution in [0, 0.1) is 6.92 Å². The predicted molar refractivity (Wildman–Crippen MR) is 66.8 cm³/mol. The van der Waals surface area contributed by atoms with Crippen molar-refractivity contribution in [1.82, 2.24) is 14.5 Å². The van der Waals surface area contributed by atoms with Gasteiger partial charge in [-0.15, -0.1) is 0 Å². The highest BCUT2D eigenvalue weighted by atomic mass is 15.2. The van der Waals surface area contributed by atoms with Crippen molar-refractivity contribution in [3.05, 3.63) is 11.9 Å². The van der Waals surface area contributed by atoms with E-state index in [0.717, 1.165) is 18.2 Å². The molecule has 1 aliphatic carbocycles. The number of nitrogens with one attached hydrogen (secondary N) is 1. The molecule has 4 heteroatoms. The lowest BCUT2D eigenvalue weighted by molar-refractivity contribution is 0.284. The minimum Gasteiger partial charge on any atom is -0.353 e. The van der Waals surface area contributed by atoms with Crippen LogP contribution in [0.1, 0.15) is 25.5 Å². The summed E-state index contributed by atoms with van der Waals surface area (Å²) in [6, 6.07) is 1.18. The van der Waals surface area contributed by atoms with Crippen LogP contribution in [-0.4, -0.2) is 40.6 Å². The van der Waals surface area contributed by atoms with Crippen molar-refractivity contribution in [2.45, 2.75) is 45.3 Å². The van der Waals surface area contributed by atoms with E-state index in [1.54, 1.807) is 0 Å². The smallest absolute Gasteiger partial charge is 0.203 e. The van der Waals surface area contributed by atoms with Gasteiger partial charge in [-0.1, -0.05) is 0 Å². The zero-order chi connectivity index (χ0) is 11.7. The first-order valence-electron chi connectivity index (χ1n) is 6.03. The Kier molecular flexibility index (Phi) is 3.19. The number of rotatable bonds is 5. The van der Waals surface area contributed by atoms with Gasteiger partial charge in [-0.25, -0.2) is 4.98 Å². The number of imidazole rings is 1. The Balaban J connectivity index is 2.05. The largest absolute Gasteiger partial charge is 0.353 e. The highest BCUT2D eigenvalue weighted by Crippen LogP contribution is 2.24. The first kappa shape index (κ1) is 11.5. The van der Waals surface area contributed by atoms with E-state index < -0.39 is 0 Å². The van der Waals surface area contributed by atoms with Crippen molar-refractivity contribution < 1.29 is 0 Å². The van der Waals surface area contributed by atoms with Gasteiger partial charge in [-0.3, -0.25) is 0 Å². The molecule has 1 saturated carbocycles. The van der Waals surface area contributed by atoms with Crippen LogP contribution in [0.3, 0.4) is 0 Å². The third-order valence-corrected chi connectivity index (χ3v) is 3.15. The van der Waals surface area contributed by atoms with Crippen LogP contribution in [-0.2, 0) is 6.54 Å². The molecule has 90 valence electrons. The van der Waals surface area contributed by atoms with Gasteiger partial charge in [0.2, 0.25) is 5.95 Å². The standard InChI is InChI=1S/C12H22N4/c1-9-7-16(8-10(2)15(3)4)12(13-9)14-11-5-6-11/h7,10-11H,5-6,8H2,1-4H3,(H,13,14). The van der Waals surface area contributed by atoms with E-state index in [-0.39, 0.29) is 0 Å². The fourth-order valence-corrected chi connectivity index (χ4v) is 1.66. The van der Waals surface area contributed by atoms with E-state index in [1.165, 1.54) is 12.8 Å². The average Bonchev–Trinajstić information content (AvgIpc) is 2.93. The van der Waals surface area contributed by atoms with E-state index in [9.17, 15) is 0 Å². The van der Waals surface area contributed by atoms with E-state index >= 15 is 0 Å². The fourth-order valence-electron chi connectivity index (χ4n) is 1.66. The van der Waals surface area contributed by atoms with Crippen molar-refractivity contribution >= 4 is 5.95 Å². The summed E-state index contributed by atoms with van der Waals surface area (Å²) in [6.07, 6.45) is 4.70. The normalized spacial score (nSPS) is 17.8. The Hall–Kier alpha value is -1.03. The topological polar surface area (TPSA) is 33.1 Å². The first-order chi connectivity index (χ1) is 7.56. The summed E-state index contributed by atoms with van der Waals surface area (Å²) in [4.78, 5) is 6.77. The summed E-state index contributed by atoms with van der Waals surface area (Å²) in [6.45, 7) is 5.27. The number of anilines is 1. The maximum Gasteiger partial charge on any atom is 0.203 e. The van der Waals surface area contributed by atoms with E-state index in [0.29, 0.717) is 12.1 Å². The molecule has 16 heavy (non-hydrogen) atoms. The number of aromatic nitrogens is 2. The van der Waals surface area contributed by atoms with Gasteiger partial charge in [0, 0.05) is 24.8 Å². The summed E-state index contributed by atoms with van der Waals surface area (Å²) in [5.74, 6) is 1.04. The minimum absolute atomic E-state index is 0.522. The number of hydrogen-bond donors (Lipinski definition) is 1. The Morgan fingerprint density at radius 3 is 2.81 bits per heavy atom. The van der Waals surface area contributed by atoms with Crippen molar-refractivity contribution in [3.8, 4) is 0 Å². The Morgan fingerprint density at radius 1 is 1.56 bits per heavy atom. The maximum atomic E-state index is 4.54. The van der Waals surface area contributed by atoms with Crippen LogP contribution >= 0.6 is 0 Å². The second-order valence-corrected chi connectivity index (χ2v) is 5.09. The molecule has 1 fully saturated rings. The molecule has 0 bridgehead atoms. The predicted octanol–water partition coefficient (Wildman–Crippen LogP) is 1.72. The lowest BCUT2D eigenvalue weighted by Crippen LogP contribution is -2.29. The van der Waals surface area contributed by atoms with Crippen LogP contribution in [0.2, 0.25) is 0 Å². The molecule has 0 spiro atoms. The third-order valence-electron chi connectivity index (χ3n) is 3.15. The van der Waals surface area contributed by atoms with Gasteiger partial charge < -0.3 is 14.8 Å². The van der Waals surface area contributed by atoms with Crippen molar-refractivity contribution in [2.75, 3.05) is 19.4 Å². The van der Waals surface area contributed by atoms with E-state index in [4.69, 9.17) is 0 Å². The Morgan fingerprint density at radius 2 is 2.25 bits per heavy atom. The van der Waals surface area contributed by atoms with Gasteiger partial charge in [0.1, 0.15) is 0 Å². The fraction of sp³-hybridized carbons (Fsp3) is 0.750. The third kappa shape index (κ3) is 2.76. The van der Waals surface area contributed by atoms with Crippen LogP contribution in [0.4, 0.5) is 5.95 Å². The molecule has 1 atom stereocenters. The lowest BCUT2D eigenvalue weighted by atomic mass is 10.3. The second kappa shape index (κ2) is 4.45. The van der Waals surface area contributed by atoms with Gasteiger partial charge in [-0.2, -0.15) is 0 Å². The molecule has 1 aromatic heterocycles. The van der Waals surface area contributed by atoms with Gasteiger partial charge in [0.15, 0.2) is 0 Å². The number of likely N-dealkylation sites (N-methyl/N-ethyl adjacent to an activating group) is 1. The highest BCUT2D eigenvalue weighted by Gasteiger charge is 2.23. The summed E-state index contributed by atoms with van der Waals surface area (Å²) in [5.41, 5.74) is 1.09. The highest BCUT2D eigenvalue weighted by molar-refractivity contribution is 5.32. The maximum absolute atomic E-state index is 4.54. The molecule has 0 aliphatic heterocycles. The SMILES string of the molecule is Cc1cn(CC(C)N(C)C)c(NC2CC2)n1. The van der Waals surface area contributed by atoms with Gasteiger partial charge in [0.25, 0.3) is 0 Å². The van der Waals surface area contributed by atoms with Crippen molar-refractivity contribution in [2.24, 2.45) is 0 Å². The van der Waals surface area contributed by atoms with Crippen molar-refractivity contribution in [1.29, 1.82) is 0 Å². The number of hydrogen-bond acceptors (Lipinski definition) is 3. The lowest BCUT2D eigenvalue weighted by Gasteiger charge is -2.21. The second-order valence-electron chi connectivity index (χ2n) is 5.09. The molecule has 2 rings (SSSR count). The van der Waals surface area contributed by atoms with Crippen LogP contribution in [0.25, 0.3) is 0 Å². The van der Waals surface area contributed by atoms with Gasteiger partial charge in [0.05, 0.1) is 5.69 Å². The average molecular weight is 222 g/mol. The van der Waals surface area contributed by atoms with E-state index in [1.807, 2.05) is 0 Å². The Bertz CT molecular complexity index is 352. The van der Waals surface area contributed by atoms with Crippen LogP contribution < -0.4 is 5.32 Å². The molecule has 0 saturated heterocycles. The van der Waals surface area contributed by atoms with Crippen LogP contribution in [0.5, 0.6) is 0 Å². The molecule has 1 heterocycles. The summed E-state index contributed by atoms with van der Waals surface area (Å²) >= 11 is 0. The molecule has 1 aliphatic rings. The monoisotopic (exact) mass is 222 g/mol. The number of aryl methyl sites for hydroxylation is 1.